The predicted molar refractivity (Wildman–Crippen MR) is 65.2 cm³/mol. The van der Waals surface area contributed by atoms with Gasteiger partial charge in [-0.3, -0.25) is 4.79 Å². The zero-order valence-electron chi connectivity index (χ0n) is 11.2. The van der Waals surface area contributed by atoms with Crippen LogP contribution >= 0.6 is 0 Å². The molecule has 18 heavy (non-hydrogen) atoms. The molecule has 1 aliphatic carbocycles. The normalized spacial score (nSPS) is 31.3. The first kappa shape index (κ1) is 13.2. The molecule has 1 saturated carbocycles. The molecule has 1 saturated heterocycles. The van der Waals surface area contributed by atoms with Crippen LogP contribution in [0.2, 0.25) is 0 Å². The number of carboxylic acid groups (broad SMARTS) is 1. The van der Waals surface area contributed by atoms with Gasteiger partial charge in [-0.25, -0.2) is 4.79 Å². The number of carboxylic acids is 1. The van der Waals surface area contributed by atoms with E-state index in [-0.39, 0.29) is 18.1 Å². The summed E-state index contributed by atoms with van der Waals surface area (Å²) >= 11 is 0. The molecular formula is C13H21NO4. The third kappa shape index (κ3) is 2.60. The number of hydrogen-bond acceptors (Lipinski definition) is 3. The number of likely N-dealkylation sites (tertiary alicyclic amines) is 1. The van der Waals surface area contributed by atoms with Gasteiger partial charge in [0.2, 0.25) is 0 Å². The molecule has 3 unspecified atom stereocenters. The highest BCUT2D eigenvalue weighted by Gasteiger charge is 2.59. The third-order valence-corrected chi connectivity index (χ3v) is 3.59. The number of nitrogens with zero attached hydrogens (tertiary/aromatic N) is 1. The van der Waals surface area contributed by atoms with Gasteiger partial charge in [0.25, 0.3) is 0 Å². The molecule has 102 valence electrons. The van der Waals surface area contributed by atoms with Crippen molar-refractivity contribution in [2.75, 3.05) is 6.54 Å². The molecule has 0 bridgehead atoms. The summed E-state index contributed by atoms with van der Waals surface area (Å²) in [5.41, 5.74) is -0.535. The van der Waals surface area contributed by atoms with Crippen molar-refractivity contribution in [3.05, 3.63) is 0 Å². The summed E-state index contributed by atoms with van der Waals surface area (Å²) in [6, 6.07) is -0.153. The molecular weight excluding hydrogens is 234 g/mol. The maximum absolute atomic E-state index is 12.1. The van der Waals surface area contributed by atoms with E-state index in [1.165, 1.54) is 0 Å². The van der Waals surface area contributed by atoms with Crippen LogP contribution in [0.15, 0.2) is 0 Å². The van der Waals surface area contributed by atoms with Crippen LogP contribution in [-0.4, -0.2) is 40.3 Å². The maximum Gasteiger partial charge on any atom is 0.410 e. The van der Waals surface area contributed by atoms with Crippen LogP contribution in [0.25, 0.3) is 0 Å². The zero-order chi connectivity index (χ0) is 13.5. The number of carbonyl (C=O) groups excluding carboxylic acids is 1. The molecule has 2 fully saturated rings. The minimum Gasteiger partial charge on any atom is -0.481 e. The summed E-state index contributed by atoms with van der Waals surface area (Å²) < 4.78 is 5.35. The molecule has 0 aromatic carbocycles. The van der Waals surface area contributed by atoms with E-state index in [9.17, 15) is 9.59 Å². The minimum absolute atomic E-state index is 0.123. The Morgan fingerprint density at radius 1 is 1.28 bits per heavy atom. The Morgan fingerprint density at radius 3 is 2.50 bits per heavy atom. The van der Waals surface area contributed by atoms with E-state index >= 15 is 0 Å². The highest BCUT2D eigenvalue weighted by molar-refractivity contribution is 5.78. The van der Waals surface area contributed by atoms with Crippen LogP contribution in [0, 0.1) is 11.8 Å². The van der Waals surface area contributed by atoms with Crippen LogP contribution < -0.4 is 0 Å². The fraction of sp³-hybridized carbons (Fsp3) is 0.846. The van der Waals surface area contributed by atoms with Crippen molar-refractivity contribution in [3.63, 3.8) is 0 Å². The summed E-state index contributed by atoms with van der Waals surface area (Å²) in [5.74, 6) is -1.06. The SMILES string of the molecule is CC(C)(C)OC(=O)N1CCCCC2C(C(=O)O)C21. The Labute approximate surface area is 107 Å². The fourth-order valence-corrected chi connectivity index (χ4v) is 2.81. The zero-order valence-corrected chi connectivity index (χ0v) is 11.2. The molecule has 1 aliphatic heterocycles. The van der Waals surface area contributed by atoms with E-state index in [4.69, 9.17) is 9.84 Å². The second kappa shape index (κ2) is 4.44. The van der Waals surface area contributed by atoms with Gasteiger partial charge in [0.1, 0.15) is 5.60 Å². The largest absolute Gasteiger partial charge is 0.481 e. The highest BCUT2D eigenvalue weighted by atomic mass is 16.6. The average Bonchev–Trinajstić information content (AvgIpc) is 2.87. The fourth-order valence-electron chi connectivity index (χ4n) is 2.81. The van der Waals surface area contributed by atoms with Gasteiger partial charge in [-0.2, -0.15) is 0 Å². The molecule has 5 nitrogen and oxygen atoms in total. The quantitative estimate of drug-likeness (QED) is 0.779. The van der Waals surface area contributed by atoms with Crippen molar-refractivity contribution >= 4 is 12.1 Å². The summed E-state index contributed by atoms with van der Waals surface area (Å²) in [6.45, 7) is 6.07. The first-order chi connectivity index (χ1) is 8.31. The van der Waals surface area contributed by atoms with E-state index in [2.05, 4.69) is 0 Å². The Kier molecular flexibility index (Phi) is 3.25. The number of carbonyl (C=O) groups is 2. The molecule has 1 N–H and O–H groups in total. The second-order valence-corrected chi connectivity index (χ2v) is 6.19. The van der Waals surface area contributed by atoms with E-state index in [1.807, 2.05) is 20.8 Å². The Bertz CT molecular complexity index is 360. The van der Waals surface area contributed by atoms with Crippen molar-refractivity contribution in [3.8, 4) is 0 Å². The van der Waals surface area contributed by atoms with Crippen LogP contribution in [0.1, 0.15) is 40.0 Å². The van der Waals surface area contributed by atoms with Gasteiger partial charge < -0.3 is 14.7 Å². The molecule has 3 atom stereocenters. The van der Waals surface area contributed by atoms with Crippen LogP contribution in [-0.2, 0) is 9.53 Å². The lowest BCUT2D eigenvalue weighted by atomic mass is 10.1. The lowest BCUT2D eigenvalue weighted by Crippen LogP contribution is -2.40. The molecule has 0 spiro atoms. The van der Waals surface area contributed by atoms with Crippen LogP contribution in [0.3, 0.4) is 0 Å². The first-order valence-corrected chi connectivity index (χ1v) is 6.54. The van der Waals surface area contributed by atoms with Gasteiger partial charge in [0, 0.05) is 6.54 Å². The van der Waals surface area contributed by atoms with Crippen molar-refractivity contribution in [2.24, 2.45) is 11.8 Å². The molecule has 2 rings (SSSR count). The van der Waals surface area contributed by atoms with Crippen LogP contribution in [0.4, 0.5) is 4.79 Å². The number of fused-ring (bicyclic) bond motifs is 1. The number of ether oxygens (including phenoxy) is 1. The molecule has 1 heterocycles. The summed E-state index contributed by atoms with van der Waals surface area (Å²) in [5, 5.41) is 9.13. The summed E-state index contributed by atoms with van der Waals surface area (Å²) in [4.78, 5) is 24.8. The monoisotopic (exact) mass is 255 g/mol. The maximum atomic E-state index is 12.1. The van der Waals surface area contributed by atoms with E-state index < -0.39 is 17.5 Å². The topological polar surface area (TPSA) is 66.8 Å². The summed E-state index contributed by atoms with van der Waals surface area (Å²) in [6.07, 6.45) is 2.45. The molecule has 0 aromatic heterocycles. The predicted octanol–water partition coefficient (Wildman–Crippen LogP) is 2.11. The Morgan fingerprint density at radius 2 is 1.94 bits per heavy atom. The van der Waals surface area contributed by atoms with Crippen molar-refractivity contribution < 1.29 is 19.4 Å². The third-order valence-electron chi connectivity index (χ3n) is 3.59. The summed E-state index contributed by atoms with van der Waals surface area (Å²) in [7, 11) is 0. The molecule has 1 amide bonds. The number of hydrogen-bond donors (Lipinski definition) is 1. The van der Waals surface area contributed by atoms with Gasteiger partial charge in [0.05, 0.1) is 12.0 Å². The van der Waals surface area contributed by atoms with E-state index in [0.29, 0.717) is 6.54 Å². The first-order valence-electron chi connectivity index (χ1n) is 6.54. The van der Waals surface area contributed by atoms with Crippen molar-refractivity contribution in [2.45, 2.75) is 51.7 Å². The average molecular weight is 255 g/mol. The van der Waals surface area contributed by atoms with Crippen molar-refractivity contribution in [1.29, 1.82) is 0 Å². The van der Waals surface area contributed by atoms with E-state index in [0.717, 1.165) is 19.3 Å². The molecule has 5 heteroatoms. The molecule has 2 aliphatic rings. The second-order valence-electron chi connectivity index (χ2n) is 6.19. The van der Waals surface area contributed by atoms with Gasteiger partial charge >= 0.3 is 12.1 Å². The smallest absolute Gasteiger partial charge is 0.410 e. The number of aliphatic carboxylic acids is 1. The number of rotatable bonds is 1. The highest BCUT2D eigenvalue weighted by Crippen LogP contribution is 2.48. The Balaban J connectivity index is 2.06. The Hall–Kier alpha value is -1.26. The molecule has 0 radical (unpaired) electrons. The minimum atomic E-state index is -0.791. The number of amides is 1. The van der Waals surface area contributed by atoms with Gasteiger partial charge in [-0.15, -0.1) is 0 Å². The van der Waals surface area contributed by atoms with Gasteiger partial charge in [0.15, 0.2) is 0 Å². The lowest BCUT2D eigenvalue weighted by molar-refractivity contribution is -0.139. The van der Waals surface area contributed by atoms with E-state index in [1.54, 1.807) is 4.90 Å². The standard InChI is InChI=1S/C13H21NO4/c1-13(2,3)18-12(17)14-7-5-4-6-8-9(10(8)14)11(15)16/h8-10H,4-7H2,1-3H3,(H,15,16). The lowest BCUT2D eigenvalue weighted by Gasteiger charge is -2.27. The van der Waals surface area contributed by atoms with Gasteiger partial charge in [-0.05, 0) is 39.5 Å². The van der Waals surface area contributed by atoms with Gasteiger partial charge in [-0.1, -0.05) is 6.42 Å². The molecule has 0 aromatic rings. The van der Waals surface area contributed by atoms with Crippen molar-refractivity contribution in [1.82, 2.24) is 4.90 Å². The van der Waals surface area contributed by atoms with Crippen LogP contribution in [0.5, 0.6) is 0 Å².